The highest BCUT2D eigenvalue weighted by Crippen LogP contribution is 2.26. The molecule has 0 amide bonds. The van der Waals surface area contributed by atoms with Gasteiger partial charge in [-0.3, -0.25) is 9.69 Å². The molecule has 1 atom stereocenters. The summed E-state index contributed by atoms with van der Waals surface area (Å²) in [7, 11) is 0. The van der Waals surface area contributed by atoms with Crippen molar-refractivity contribution in [2.75, 3.05) is 19.6 Å². The Kier molecular flexibility index (Phi) is 7.01. The van der Waals surface area contributed by atoms with Crippen LogP contribution in [-0.4, -0.2) is 42.4 Å². The van der Waals surface area contributed by atoms with Crippen LogP contribution in [0.25, 0.3) is 0 Å². The number of rotatable bonds is 8. The molecule has 3 heteroatoms. The number of piperidine rings is 1. The molecule has 116 valence electrons. The van der Waals surface area contributed by atoms with Crippen molar-refractivity contribution in [3.63, 3.8) is 0 Å². The maximum Gasteiger partial charge on any atom is 0.149 e. The summed E-state index contributed by atoms with van der Waals surface area (Å²) < 4.78 is 0. The first-order chi connectivity index (χ1) is 9.83. The summed E-state index contributed by atoms with van der Waals surface area (Å²) in [6.45, 7) is 5.63. The number of carbonyl (C=O) groups excluding carboxylic acids is 1. The highest BCUT2D eigenvalue weighted by molar-refractivity contribution is 5.84. The molecular formula is C17H32N2O. The first kappa shape index (κ1) is 16.0. The number of unbranched alkanes of at least 4 members (excludes halogenated alkanes) is 4. The number of Topliss-reactive ketones (excluding diaryl/α,β-unsaturated/α-hetero) is 1. The summed E-state index contributed by atoms with van der Waals surface area (Å²) in [6.07, 6.45) is 11.8. The predicted molar refractivity (Wildman–Crippen MR) is 84.0 cm³/mol. The maximum atomic E-state index is 12.5. The van der Waals surface area contributed by atoms with Crippen LogP contribution in [0, 0.1) is 0 Å². The molecule has 2 fully saturated rings. The van der Waals surface area contributed by atoms with Crippen molar-refractivity contribution >= 4 is 5.78 Å². The monoisotopic (exact) mass is 280 g/mol. The Morgan fingerprint density at radius 2 is 1.85 bits per heavy atom. The summed E-state index contributed by atoms with van der Waals surface area (Å²) in [5.74, 6) is 0.525. The minimum absolute atomic E-state index is 0.254. The summed E-state index contributed by atoms with van der Waals surface area (Å²) in [5.41, 5.74) is 0. The average Bonchev–Trinajstić information content (AvgIpc) is 2.97. The Morgan fingerprint density at radius 3 is 2.60 bits per heavy atom. The van der Waals surface area contributed by atoms with Crippen molar-refractivity contribution in [2.24, 2.45) is 0 Å². The van der Waals surface area contributed by atoms with E-state index in [2.05, 4.69) is 17.1 Å². The fourth-order valence-corrected chi connectivity index (χ4v) is 3.78. The Bertz CT molecular complexity index is 287. The molecule has 2 heterocycles. The van der Waals surface area contributed by atoms with E-state index in [0.29, 0.717) is 11.8 Å². The second kappa shape index (κ2) is 8.78. The molecule has 0 saturated carbocycles. The summed E-state index contributed by atoms with van der Waals surface area (Å²) in [5, 5.41) is 3.42. The number of carbonyl (C=O) groups is 1. The van der Waals surface area contributed by atoms with Gasteiger partial charge in [0.1, 0.15) is 5.78 Å². The van der Waals surface area contributed by atoms with Gasteiger partial charge in [-0.2, -0.15) is 0 Å². The van der Waals surface area contributed by atoms with Crippen molar-refractivity contribution in [1.29, 1.82) is 0 Å². The van der Waals surface area contributed by atoms with Gasteiger partial charge in [0.2, 0.25) is 0 Å². The molecule has 2 aliphatic heterocycles. The van der Waals surface area contributed by atoms with Crippen LogP contribution < -0.4 is 5.32 Å². The minimum Gasteiger partial charge on any atom is -0.317 e. The molecule has 1 N–H and O–H groups in total. The van der Waals surface area contributed by atoms with Gasteiger partial charge in [0, 0.05) is 12.5 Å². The normalized spacial score (nSPS) is 25.1. The van der Waals surface area contributed by atoms with Gasteiger partial charge < -0.3 is 5.32 Å². The largest absolute Gasteiger partial charge is 0.317 e. The number of hydrogen-bond donors (Lipinski definition) is 1. The zero-order valence-electron chi connectivity index (χ0n) is 13.2. The van der Waals surface area contributed by atoms with Gasteiger partial charge in [-0.05, 0) is 51.7 Å². The summed E-state index contributed by atoms with van der Waals surface area (Å²) in [6, 6.07) is 0.914. The van der Waals surface area contributed by atoms with Gasteiger partial charge in [-0.25, -0.2) is 0 Å². The Hall–Kier alpha value is -0.410. The maximum absolute atomic E-state index is 12.5. The standard InChI is InChI=1S/C17H32N2O/c1-2-3-4-5-6-9-17(20)16-8-7-14-19(16)15-10-12-18-13-11-15/h15-16,18H,2-14H2,1H3. The van der Waals surface area contributed by atoms with Gasteiger partial charge in [0.25, 0.3) is 0 Å². The van der Waals surface area contributed by atoms with E-state index < -0.39 is 0 Å². The fraction of sp³-hybridized carbons (Fsp3) is 0.941. The third-order valence-corrected chi connectivity index (χ3v) is 4.97. The van der Waals surface area contributed by atoms with Gasteiger partial charge in [0.05, 0.1) is 6.04 Å². The van der Waals surface area contributed by atoms with Gasteiger partial charge in [0.15, 0.2) is 0 Å². The van der Waals surface area contributed by atoms with Crippen LogP contribution in [0.2, 0.25) is 0 Å². The van der Waals surface area contributed by atoms with Crippen LogP contribution in [0.1, 0.15) is 71.1 Å². The average molecular weight is 280 g/mol. The molecule has 0 aliphatic carbocycles. The lowest BCUT2D eigenvalue weighted by atomic mass is 9.99. The second-order valence-electron chi connectivity index (χ2n) is 6.51. The first-order valence-electron chi connectivity index (χ1n) is 8.82. The molecule has 20 heavy (non-hydrogen) atoms. The molecule has 0 aromatic rings. The number of hydrogen-bond acceptors (Lipinski definition) is 3. The lowest BCUT2D eigenvalue weighted by molar-refractivity contribution is -0.124. The first-order valence-corrected chi connectivity index (χ1v) is 8.82. The van der Waals surface area contributed by atoms with Gasteiger partial charge >= 0.3 is 0 Å². The van der Waals surface area contributed by atoms with Crippen molar-refractivity contribution in [3.8, 4) is 0 Å². The SMILES string of the molecule is CCCCCCCC(=O)C1CCCN1C1CCNCC1. The van der Waals surface area contributed by atoms with Gasteiger partial charge in [-0.15, -0.1) is 0 Å². The molecule has 0 radical (unpaired) electrons. The molecular weight excluding hydrogens is 248 g/mol. The number of nitrogens with one attached hydrogen (secondary N) is 1. The molecule has 0 aromatic heterocycles. The molecule has 0 spiro atoms. The van der Waals surface area contributed by atoms with Crippen LogP contribution >= 0.6 is 0 Å². The molecule has 0 bridgehead atoms. The van der Waals surface area contributed by atoms with E-state index in [9.17, 15) is 4.79 Å². The van der Waals surface area contributed by atoms with Crippen LogP contribution in [0.15, 0.2) is 0 Å². The van der Waals surface area contributed by atoms with E-state index in [4.69, 9.17) is 0 Å². The van der Waals surface area contributed by atoms with Crippen LogP contribution in [0.3, 0.4) is 0 Å². The molecule has 0 aromatic carbocycles. The zero-order valence-corrected chi connectivity index (χ0v) is 13.2. The number of likely N-dealkylation sites (tertiary alicyclic amines) is 1. The summed E-state index contributed by atoms with van der Waals surface area (Å²) >= 11 is 0. The number of ketones is 1. The number of nitrogens with zero attached hydrogens (tertiary/aromatic N) is 1. The van der Waals surface area contributed by atoms with Crippen molar-refractivity contribution in [1.82, 2.24) is 10.2 Å². The Morgan fingerprint density at radius 1 is 1.10 bits per heavy atom. The topological polar surface area (TPSA) is 32.3 Å². The third kappa shape index (κ3) is 4.56. The molecule has 2 saturated heterocycles. The lowest BCUT2D eigenvalue weighted by Gasteiger charge is -2.35. The Balaban J connectivity index is 1.73. The summed E-state index contributed by atoms with van der Waals surface area (Å²) in [4.78, 5) is 15.0. The van der Waals surface area contributed by atoms with Crippen LogP contribution in [-0.2, 0) is 4.79 Å². The Labute approximate surface area is 124 Å². The molecule has 1 unspecified atom stereocenters. The van der Waals surface area contributed by atoms with E-state index >= 15 is 0 Å². The van der Waals surface area contributed by atoms with E-state index in [1.54, 1.807) is 0 Å². The highest BCUT2D eigenvalue weighted by atomic mass is 16.1. The van der Waals surface area contributed by atoms with E-state index in [-0.39, 0.29) is 6.04 Å². The fourth-order valence-electron chi connectivity index (χ4n) is 3.78. The highest BCUT2D eigenvalue weighted by Gasteiger charge is 2.34. The molecule has 2 aliphatic rings. The predicted octanol–water partition coefficient (Wildman–Crippen LogP) is 3.13. The van der Waals surface area contributed by atoms with Crippen molar-refractivity contribution in [3.05, 3.63) is 0 Å². The van der Waals surface area contributed by atoms with E-state index in [1.165, 1.54) is 44.9 Å². The molecule has 3 nitrogen and oxygen atoms in total. The van der Waals surface area contributed by atoms with E-state index in [0.717, 1.165) is 38.9 Å². The van der Waals surface area contributed by atoms with Crippen molar-refractivity contribution in [2.45, 2.75) is 83.2 Å². The van der Waals surface area contributed by atoms with Gasteiger partial charge in [-0.1, -0.05) is 32.6 Å². The lowest BCUT2D eigenvalue weighted by Crippen LogP contribution is -2.47. The van der Waals surface area contributed by atoms with Crippen LogP contribution in [0.4, 0.5) is 0 Å². The van der Waals surface area contributed by atoms with Crippen LogP contribution in [0.5, 0.6) is 0 Å². The smallest absolute Gasteiger partial charge is 0.149 e. The van der Waals surface area contributed by atoms with Crippen molar-refractivity contribution < 1.29 is 4.79 Å². The second-order valence-corrected chi connectivity index (χ2v) is 6.51. The zero-order chi connectivity index (χ0) is 14.2. The quantitative estimate of drug-likeness (QED) is 0.693. The molecule has 2 rings (SSSR count). The third-order valence-electron chi connectivity index (χ3n) is 4.97. The van der Waals surface area contributed by atoms with E-state index in [1.807, 2.05) is 0 Å². The minimum atomic E-state index is 0.254.